The van der Waals surface area contributed by atoms with Crippen LogP contribution >= 0.6 is 23.1 Å². The summed E-state index contributed by atoms with van der Waals surface area (Å²) in [4.78, 5) is 12.4. The lowest BCUT2D eigenvalue weighted by atomic mass is 10.2. The van der Waals surface area contributed by atoms with E-state index in [9.17, 15) is 0 Å². The van der Waals surface area contributed by atoms with Crippen molar-refractivity contribution in [3.05, 3.63) is 29.7 Å². The van der Waals surface area contributed by atoms with Gasteiger partial charge in [0, 0.05) is 23.3 Å². The van der Waals surface area contributed by atoms with Gasteiger partial charge < -0.3 is 10.6 Å². The molecular formula is C13H13ClN6S. The number of nitrogens with one attached hydrogen (secondary N) is 2. The fourth-order valence-electron chi connectivity index (χ4n) is 1.81. The maximum atomic E-state index is 5.93. The second kappa shape index (κ2) is 5.79. The van der Waals surface area contributed by atoms with Crippen molar-refractivity contribution < 1.29 is 0 Å². The molecule has 21 heavy (non-hydrogen) atoms. The Balaban J connectivity index is 1.87. The molecule has 0 atom stereocenters. The van der Waals surface area contributed by atoms with Gasteiger partial charge in [0.2, 0.25) is 17.2 Å². The Hall–Kier alpha value is -1.99. The van der Waals surface area contributed by atoms with Gasteiger partial charge in [-0.05, 0) is 55.2 Å². The van der Waals surface area contributed by atoms with Crippen LogP contribution in [0.25, 0.3) is 10.1 Å². The molecule has 0 aliphatic carbocycles. The molecule has 2 N–H and O–H groups in total. The lowest BCUT2D eigenvalue weighted by Gasteiger charge is -2.10. The van der Waals surface area contributed by atoms with Gasteiger partial charge in [-0.25, -0.2) is 0 Å². The van der Waals surface area contributed by atoms with E-state index in [4.69, 9.17) is 11.6 Å². The molecule has 1 aromatic carbocycles. The van der Waals surface area contributed by atoms with E-state index in [1.54, 1.807) is 0 Å². The zero-order chi connectivity index (χ0) is 14.8. The smallest absolute Gasteiger partial charge is 0.233 e. The second-order valence-electron chi connectivity index (χ2n) is 4.75. The predicted octanol–water partition coefficient (Wildman–Crippen LogP) is 3.70. The average molecular weight is 321 g/mol. The largest absolute Gasteiger partial charge is 0.352 e. The molecular weight excluding hydrogens is 308 g/mol. The van der Waals surface area contributed by atoms with Crippen LogP contribution in [-0.4, -0.2) is 25.4 Å². The minimum atomic E-state index is 0.147. The Bertz CT molecular complexity index is 772. The Labute approximate surface area is 130 Å². The SMILES string of the molecule is CC(C)Nc1nc(Cl)nc(Nc2ccc3sncc3c2)n1. The maximum Gasteiger partial charge on any atom is 0.233 e. The molecule has 0 saturated heterocycles. The molecule has 0 amide bonds. The highest BCUT2D eigenvalue weighted by molar-refractivity contribution is 7.13. The summed E-state index contributed by atoms with van der Waals surface area (Å²) in [5.41, 5.74) is 0.875. The van der Waals surface area contributed by atoms with Crippen molar-refractivity contribution in [3.63, 3.8) is 0 Å². The van der Waals surface area contributed by atoms with E-state index in [2.05, 4.69) is 30.0 Å². The summed E-state index contributed by atoms with van der Waals surface area (Å²) in [6.07, 6.45) is 1.83. The Kier molecular flexibility index (Phi) is 3.85. The van der Waals surface area contributed by atoms with Crippen LogP contribution in [0.2, 0.25) is 5.28 Å². The van der Waals surface area contributed by atoms with Gasteiger partial charge in [-0.2, -0.15) is 19.3 Å². The summed E-state index contributed by atoms with van der Waals surface area (Å²) >= 11 is 7.39. The molecule has 0 unspecified atom stereocenters. The third-order valence-corrected chi connectivity index (χ3v) is 3.58. The van der Waals surface area contributed by atoms with Crippen molar-refractivity contribution in [2.75, 3.05) is 10.6 Å². The van der Waals surface area contributed by atoms with E-state index < -0.39 is 0 Å². The Morgan fingerprint density at radius 1 is 1.14 bits per heavy atom. The van der Waals surface area contributed by atoms with Crippen molar-refractivity contribution in [3.8, 4) is 0 Å². The van der Waals surface area contributed by atoms with Crippen LogP contribution in [0.1, 0.15) is 13.8 Å². The first-order valence-electron chi connectivity index (χ1n) is 6.40. The second-order valence-corrected chi connectivity index (χ2v) is 5.93. The molecule has 0 fully saturated rings. The van der Waals surface area contributed by atoms with Crippen LogP contribution in [-0.2, 0) is 0 Å². The molecule has 8 heteroatoms. The van der Waals surface area contributed by atoms with Crippen molar-refractivity contribution in [2.24, 2.45) is 0 Å². The standard InChI is InChI=1S/C13H13ClN6S/c1-7(2)16-12-18-11(14)19-13(20-12)17-9-3-4-10-8(5-9)6-15-21-10/h3-7H,1-2H3,(H2,16,17,18,19,20). The third-order valence-electron chi connectivity index (χ3n) is 2.63. The molecule has 0 radical (unpaired) electrons. The number of halogens is 1. The van der Waals surface area contributed by atoms with Crippen LogP contribution in [0.15, 0.2) is 24.4 Å². The summed E-state index contributed by atoms with van der Waals surface area (Å²) in [6, 6.07) is 6.16. The van der Waals surface area contributed by atoms with Crippen LogP contribution in [0.5, 0.6) is 0 Å². The van der Waals surface area contributed by atoms with Gasteiger partial charge in [-0.15, -0.1) is 0 Å². The Morgan fingerprint density at radius 2 is 1.95 bits per heavy atom. The van der Waals surface area contributed by atoms with Gasteiger partial charge in [0.1, 0.15) is 0 Å². The summed E-state index contributed by atoms with van der Waals surface area (Å²) in [5, 5.41) is 7.45. The van der Waals surface area contributed by atoms with Crippen LogP contribution in [0.3, 0.4) is 0 Å². The number of nitrogens with zero attached hydrogens (tertiary/aromatic N) is 4. The molecule has 0 saturated carbocycles. The molecule has 0 bridgehead atoms. The molecule has 0 spiro atoms. The first-order chi connectivity index (χ1) is 10.1. The normalized spacial score (nSPS) is 11.0. The van der Waals surface area contributed by atoms with Crippen molar-refractivity contribution in [1.82, 2.24) is 19.3 Å². The fraction of sp³-hybridized carbons (Fsp3) is 0.231. The molecule has 0 aliphatic rings. The first kappa shape index (κ1) is 14.0. The first-order valence-corrected chi connectivity index (χ1v) is 7.55. The van der Waals surface area contributed by atoms with Gasteiger partial charge in [-0.3, -0.25) is 0 Å². The van der Waals surface area contributed by atoms with E-state index in [0.29, 0.717) is 11.9 Å². The van der Waals surface area contributed by atoms with Crippen molar-refractivity contribution >= 4 is 50.8 Å². The van der Waals surface area contributed by atoms with E-state index in [0.717, 1.165) is 15.8 Å². The molecule has 6 nitrogen and oxygen atoms in total. The van der Waals surface area contributed by atoms with Gasteiger partial charge in [0.25, 0.3) is 0 Å². The van der Waals surface area contributed by atoms with E-state index in [1.165, 1.54) is 11.5 Å². The highest BCUT2D eigenvalue weighted by Crippen LogP contribution is 2.24. The molecule has 2 heterocycles. The monoisotopic (exact) mass is 320 g/mol. The summed E-state index contributed by atoms with van der Waals surface area (Å²) in [5.74, 6) is 0.853. The minimum absolute atomic E-state index is 0.147. The van der Waals surface area contributed by atoms with E-state index >= 15 is 0 Å². The number of fused-ring (bicyclic) bond motifs is 1. The molecule has 2 aromatic heterocycles. The predicted molar refractivity (Wildman–Crippen MR) is 86.5 cm³/mol. The average Bonchev–Trinajstić information content (AvgIpc) is 2.84. The van der Waals surface area contributed by atoms with E-state index in [1.807, 2.05) is 38.2 Å². The third kappa shape index (κ3) is 3.37. The molecule has 3 aromatic rings. The zero-order valence-corrected chi connectivity index (χ0v) is 13.0. The van der Waals surface area contributed by atoms with Gasteiger partial charge in [0.05, 0.1) is 4.70 Å². The summed E-state index contributed by atoms with van der Waals surface area (Å²) < 4.78 is 5.29. The summed E-state index contributed by atoms with van der Waals surface area (Å²) in [7, 11) is 0. The topological polar surface area (TPSA) is 75.6 Å². The lowest BCUT2D eigenvalue weighted by molar-refractivity contribution is 0.868. The minimum Gasteiger partial charge on any atom is -0.352 e. The number of anilines is 3. The van der Waals surface area contributed by atoms with E-state index in [-0.39, 0.29) is 11.3 Å². The van der Waals surface area contributed by atoms with Crippen LogP contribution in [0, 0.1) is 0 Å². The Morgan fingerprint density at radius 3 is 2.76 bits per heavy atom. The number of hydrogen-bond acceptors (Lipinski definition) is 7. The van der Waals surface area contributed by atoms with Gasteiger partial charge >= 0.3 is 0 Å². The quantitative estimate of drug-likeness (QED) is 0.763. The fourth-order valence-corrected chi connectivity index (χ4v) is 2.59. The molecule has 108 valence electrons. The number of rotatable bonds is 4. The zero-order valence-electron chi connectivity index (χ0n) is 11.5. The van der Waals surface area contributed by atoms with Gasteiger partial charge in [-0.1, -0.05) is 0 Å². The molecule has 0 aliphatic heterocycles. The maximum absolute atomic E-state index is 5.93. The van der Waals surface area contributed by atoms with Gasteiger partial charge in [0.15, 0.2) is 0 Å². The highest BCUT2D eigenvalue weighted by Gasteiger charge is 2.07. The van der Waals surface area contributed by atoms with Crippen LogP contribution < -0.4 is 10.6 Å². The highest BCUT2D eigenvalue weighted by atomic mass is 35.5. The number of aromatic nitrogens is 4. The number of hydrogen-bond donors (Lipinski definition) is 2. The van der Waals surface area contributed by atoms with Crippen molar-refractivity contribution in [2.45, 2.75) is 19.9 Å². The van der Waals surface area contributed by atoms with Crippen molar-refractivity contribution in [1.29, 1.82) is 0 Å². The number of benzene rings is 1. The summed E-state index contributed by atoms with van der Waals surface area (Å²) in [6.45, 7) is 4.00. The molecule has 3 rings (SSSR count). The van der Waals surface area contributed by atoms with Crippen LogP contribution in [0.4, 0.5) is 17.6 Å². The lowest BCUT2D eigenvalue weighted by Crippen LogP contribution is -2.14.